The van der Waals surface area contributed by atoms with Gasteiger partial charge in [0.05, 0.1) is 19.7 Å². The molecule has 0 aliphatic heterocycles. The maximum atomic E-state index is 11.2. The number of aromatic nitrogens is 1. The molecular formula is C13H16N2O3S. The van der Waals surface area contributed by atoms with Gasteiger partial charge in [-0.05, 0) is 26.0 Å². The van der Waals surface area contributed by atoms with Crippen LogP contribution in [0.25, 0.3) is 0 Å². The first kappa shape index (κ1) is 13.8. The first-order valence-electron chi connectivity index (χ1n) is 5.92. The summed E-state index contributed by atoms with van der Waals surface area (Å²) in [5.74, 6) is 0.451. The summed E-state index contributed by atoms with van der Waals surface area (Å²) in [5, 5.41) is 6.36. The largest absolute Gasteiger partial charge is 0.463 e. The number of furan rings is 1. The highest BCUT2D eigenvalue weighted by molar-refractivity contribution is 7.09. The first-order chi connectivity index (χ1) is 9.10. The van der Waals surface area contributed by atoms with Crippen molar-refractivity contribution in [1.82, 2.24) is 10.3 Å². The van der Waals surface area contributed by atoms with Crippen LogP contribution in [0.3, 0.4) is 0 Å². The number of thiazole rings is 1. The van der Waals surface area contributed by atoms with Crippen molar-refractivity contribution in [2.45, 2.75) is 26.4 Å². The molecule has 2 heterocycles. The van der Waals surface area contributed by atoms with Crippen LogP contribution in [0.5, 0.6) is 0 Å². The normalized spacial score (nSPS) is 12.4. The van der Waals surface area contributed by atoms with E-state index in [1.54, 1.807) is 23.5 Å². The van der Waals surface area contributed by atoms with E-state index < -0.39 is 5.97 Å². The Morgan fingerprint density at radius 2 is 2.37 bits per heavy atom. The molecule has 0 fully saturated rings. The van der Waals surface area contributed by atoms with Crippen molar-refractivity contribution < 1.29 is 13.9 Å². The zero-order valence-electron chi connectivity index (χ0n) is 11.1. The number of nitrogens with zero attached hydrogens (tertiary/aromatic N) is 1. The Balaban J connectivity index is 1.91. The number of carbonyl (C=O) groups is 1. The first-order valence-corrected chi connectivity index (χ1v) is 6.80. The van der Waals surface area contributed by atoms with E-state index in [-0.39, 0.29) is 11.8 Å². The molecule has 2 rings (SSSR count). The van der Waals surface area contributed by atoms with Crippen LogP contribution in [0.4, 0.5) is 0 Å². The third-order valence-electron chi connectivity index (χ3n) is 2.64. The molecule has 0 aliphatic rings. The average Bonchev–Trinajstić information content (AvgIpc) is 3.04. The molecule has 102 valence electrons. The van der Waals surface area contributed by atoms with Gasteiger partial charge in [0.1, 0.15) is 10.8 Å². The zero-order valence-corrected chi connectivity index (χ0v) is 11.9. The fourth-order valence-electron chi connectivity index (χ4n) is 1.60. The Labute approximate surface area is 115 Å². The van der Waals surface area contributed by atoms with Crippen molar-refractivity contribution >= 4 is 17.3 Å². The molecular weight excluding hydrogens is 264 g/mol. The fourth-order valence-corrected chi connectivity index (χ4v) is 2.42. The van der Waals surface area contributed by atoms with Crippen molar-refractivity contribution in [2.75, 3.05) is 7.11 Å². The third-order valence-corrected chi connectivity index (χ3v) is 3.78. The molecule has 1 unspecified atom stereocenters. The number of hydrogen-bond donors (Lipinski definition) is 1. The molecule has 5 nitrogen and oxygen atoms in total. The standard InChI is InChI=1S/C13H16N2O3S/c1-8-7-19-12(15-8)9(2)14-6-10-4-5-11(18-10)13(16)17-3/h4-5,7,9,14H,6H2,1-3H3. The molecule has 0 saturated heterocycles. The zero-order chi connectivity index (χ0) is 13.8. The summed E-state index contributed by atoms with van der Waals surface area (Å²) in [5.41, 5.74) is 1.03. The number of rotatable bonds is 5. The van der Waals surface area contributed by atoms with Crippen LogP contribution in [0.2, 0.25) is 0 Å². The van der Waals surface area contributed by atoms with Crippen LogP contribution in [0.15, 0.2) is 21.9 Å². The van der Waals surface area contributed by atoms with Gasteiger partial charge >= 0.3 is 5.97 Å². The molecule has 0 bridgehead atoms. The van der Waals surface area contributed by atoms with Gasteiger partial charge in [-0.3, -0.25) is 0 Å². The van der Waals surface area contributed by atoms with Crippen LogP contribution in [-0.4, -0.2) is 18.1 Å². The Bertz CT molecular complexity index is 562. The molecule has 0 radical (unpaired) electrons. The number of aryl methyl sites for hydroxylation is 1. The van der Waals surface area contributed by atoms with E-state index in [4.69, 9.17) is 4.42 Å². The number of ether oxygens (including phenoxy) is 1. The smallest absolute Gasteiger partial charge is 0.373 e. The second-order valence-corrected chi connectivity index (χ2v) is 5.08. The average molecular weight is 280 g/mol. The summed E-state index contributed by atoms with van der Waals surface area (Å²) in [6, 6.07) is 3.52. The highest BCUT2D eigenvalue weighted by Gasteiger charge is 2.13. The molecule has 1 atom stereocenters. The molecule has 0 aliphatic carbocycles. The van der Waals surface area contributed by atoms with Gasteiger partial charge in [0, 0.05) is 11.1 Å². The summed E-state index contributed by atoms with van der Waals surface area (Å²) >= 11 is 1.63. The van der Waals surface area contributed by atoms with Gasteiger partial charge in [0.2, 0.25) is 5.76 Å². The number of nitrogens with one attached hydrogen (secondary N) is 1. The molecule has 0 amide bonds. The Hall–Kier alpha value is -1.66. The lowest BCUT2D eigenvalue weighted by molar-refractivity contribution is 0.0563. The highest BCUT2D eigenvalue weighted by atomic mass is 32.1. The molecule has 19 heavy (non-hydrogen) atoms. The Morgan fingerprint density at radius 1 is 1.58 bits per heavy atom. The summed E-state index contributed by atoms with van der Waals surface area (Å²) in [7, 11) is 1.33. The second-order valence-electron chi connectivity index (χ2n) is 4.19. The molecule has 6 heteroatoms. The summed E-state index contributed by atoms with van der Waals surface area (Å²) in [4.78, 5) is 15.7. The van der Waals surface area contributed by atoms with E-state index in [2.05, 4.69) is 15.0 Å². The predicted octanol–water partition coefficient (Wildman–Crippen LogP) is 2.68. The van der Waals surface area contributed by atoms with E-state index in [0.717, 1.165) is 10.7 Å². The second kappa shape index (κ2) is 5.99. The van der Waals surface area contributed by atoms with E-state index in [0.29, 0.717) is 12.3 Å². The molecule has 1 N–H and O–H groups in total. The van der Waals surface area contributed by atoms with Gasteiger partial charge < -0.3 is 14.5 Å². The van der Waals surface area contributed by atoms with Crippen molar-refractivity contribution in [3.05, 3.63) is 39.7 Å². The van der Waals surface area contributed by atoms with E-state index in [9.17, 15) is 4.79 Å². The van der Waals surface area contributed by atoms with Crippen LogP contribution < -0.4 is 5.32 Å². The fraction of sp³-hybridized carbons (Fsp3) is 0.385. The van der Waals surface area contributed by atoms with Crippen LogP contribution in [0, 0.1) is 6.92 Å². The lowest BCUT2D eigenvalue weighted by atomic mass is 10.3. The molecule has 2 aromatic heterocycles. The Kier molecular flexibility index (Phi) is 4.34. The predicted molar refractivity (Wildman–Crippen MR) is 72.2 cm³/mol. The SMILES string of the molecule is COC(=O)c1ccc(CNC(C)c2nc(C)cs2)o1. The van der Waals surface area contributed by atoms with Gasteiger partial charge in [-0.25, -0.2) is 9.78 Å². The number of carbonyl (C=O) groups excluding carboxylic acids is 1. The van der Waals surface area contributed by atoms with Crippen LogP contribution in [-0.2, 0) is 11.3 Å². The maximum Gasteiger partial charge on any atom is 0.373 e. The summed E-state index contributed by atoms with van der Waals surface area (Å²) in [6.45, 7) is 4.56. The lowest BCUT2D eigenvalue weighted by Gasteiger charge is -2.09. The molecule has 0 saturated carbocycles. The van der Waals surface area contributed by atoms with E-state index >= 15 is 0 Å². The number of hydrogen-bond acceptors (Lipinski definition) is 6. The Morgan fingerprint density at radius 3 is 3.00 bits per heavy atom. The van der Waals surface area contributed by atoms with Crippen LogP contribution in [0.1, 0.15) is 40.0 Å². The van der Waals surface area contributed by atoms with E-state index in [1.165, 1.54) is 7.11 Å². The topological polar surface area (TPSA) is 64.4 Å². The van der Waals surface area contributed by atoms with Crippen molar-refractivity contribution in [3.63, 3.8) is 0 Å². The summed E-state index contributed by atoms with van der Waals surface area (Å²) in [6.07, 6.45) is 0. The monoisotopic (exact) mass is 280 g/mol. The van der Waals surface area contributed by atoms with Crippen molar-refractivity contribution in [1.29, 1.82) is 0 Å². The minimum atomic E-state index is -0.463. The van der Waals surface area contributed by atoms with Gasteiger partial charge in [0.25, 0.3) is 0 Å². The highest BCUT2D eigenvalue weighted by Crippen LogP contribution is 2.18. The molecule has 0 spiro atoms. The minimum absolute atomic E-state index is 0.144. The number of esters is 1. The van der Waals surface area contributed by atoms with Gasteiger partial charge in [-0.1, -0.05) is 0 Å². The van der Waals surface area contributed by atoms with Crippen molar-refractivity contribution in [2.24, 2.45) is 0 Å². The lowest BCUT2D eigenvalue weighted by Crippen LogP contribution is -2.17. The molecule has 0 aromatic carbocycles. The van der Waals surface area contributed by atoms with Gasteiger partial charge in [-0.15, -0.1) is 11.3 Å². The van der Waals surface area contributed by atoms with E-state index in [1.807, 2.05) is 19.2 Å². The summed E-state index contributed by atoms with van der Waals surface area (Å²) < 4.78 is 9.96. The maximum absolute atomic E-state index is 11.2. The third kappa shape index (κ3) is 3.42. The number of methoxy groups -OCH3 is 1. The quantitative estimate of drug-likeness (QED) is 0.853. The van der Waals surface area contributed by atoms with Crippen molar-refractivity contribution in [3.8, 4) is 0 Å². The minimum Gasteiger partial charge on any atom is -0.463 e. The van der Waals surface area contributed by atoms with Crippen LogP contribution >= 0.6 is 11.3 Å². The molecule has 2 aromatic rings. The van der Waals surface area contributed by atoms with Gasteiger partial charge in [-0.2, -0.15) is 0 Å². The van der Waals surface area contributed by atoms with Gasteiger partial charge in [0.15, 0.2) is 0 Å².